The van der Waals surface area contributed by atoms with Gasteiger partial charge in [-0.25, -0.2) is 14.6 Å². The van der Waals surface area contributed by atoms with Crippen LogP contribution in [0, 0.1) is 0 Å². The number of carbonyl (C=O) groups excluding carboxylic acids is 2. The molecule has 0 saturated heterocycles. The number of hydrogen-bond donors (Lipinski definition) is 1. The highest BCUT2D eigenvalue weighted by Gasteiger charge is 2.45. The number of aryl methyl sites for hydroxylation is 1. The lowest BCUT2D eigenvalue weighted by Gasteiger charge is -2.31. The van der Waals surface area contributed by atoms with Crippen molar-refractivity contribution in [3.63, 3.8) is 0 Å². The lowest BCUT2D eigenvalue weighted by molar-refractivity contribution is -0.172. The normalized spacial score (nSPS) is 18.5. The minimum atomic E-state index is -1.90. The summed E-state index contributed by atoms with van der Waals surface area (Å²) in [5, 5.41) is 11.7. The molecule has 33 heavy (non-hydrogen) atoms. The van der Waals surface area contributed by atoms with E-state index in [0.29, 0.717) is 33.4 Å². The molecule has 0 aliphatic carbocycles. The molecule has 1 atom stereocenters. The van der Waals surface area contributed by atoms with Gasteiger partial charge in [-0.2, -0.15) is 0 Å². The highest BCUT2D eigenvalue weighted by molar-refractivity contribution is 6.07. The van der Waals surface area contributed by atoms with E-state index in [9.17, 15) is 19.5 Å². The summed E-state index contributed by atoms with van der Waals surface area (Å²) >= 11 is 0. The fraction of sp³-hybridized carbons (Fsp3) is 0.360. The zero-order valence-electron chi connectivity index (χ0n) is 18.7. The van der Waals surface area contributed by atoms with Crippen molar-refractivity contribution in [3.8, 4) is 11.4 Å². The van der Waals surface area contributed by atoms with Gasteiger partial charge in [-0.3, -0.25) is 4.79 Å². The highest BCUT2D eigenvalue weighted by atomic mass is 16.6. The van der Waals surface area contributed by atoms with Crippen molar-refractivity contribution in [2.45, 2.75) is 52.4 Å². The second-order valence-electron chi connectivity index (χ2n) is 8.34. The van der Waals surface area contributed by atoms with Gasteiger partial charge in [0.05, 0.1) is 41.2 Å². The Morgan fingerprint density at radius 3 is 2.70 bits per heavy atom. The molecule has 2 aliphatic heterocycles. The first kappa shape index (κ1) is 21.3. The van der Waals surface area contributed by atoms with Gasteiger partial charge in [0.25, 0.3) is 5.56 Å². The van der Waals surface area contributed by atoms with Gasteiger partial charge in [0.2, 0.25) is 0 Å². The first-order valence-electron chi connectivity index (χ1n) is 11.1. The predicted molar refractivity (Wildman–Crippen MR) is 120 cm³/mol. The first-order valence-corrected chi connectivity index (χ1v) is 11.1. The second kappa shape index (κ2) is 7.52. The minimum absolute atomic E-state index is 0.0631. The van der Waals surface area contributed by atoms with E-state index in [1.54, 1.807) is 19.9 Å². The van der Waals surface area contributed by atoms with E-state index in [-0.39, 0.29) is 42.9 Å². The fourth-order valence-corrected chi connectivity index (χ4v) is 4.78. The van der Waals surface area contributed by atoms with Crippen LogP contribution in [0.5, 0.6) is 0 Å². The Hall–Kier alpha value is -3.52. The molecule has 1 N–H and O–H groups in total. The van der Waals surface area contributed by atoms with E-state index in [0.717, 1.165) is 12.0 Å². The molecule has 2 aromatic heterocycles. The number of benzene rings is 1. The summed E-state index contributed by atoms with van der Waals surface area (Å²) in [7, 11) is 0. The van der Waals surface area contributed by atoms with Crippen molar-refractivity contribution in [2.75, 3.05) is 6.61 Å². The van der Waals surface area contributed by atoms with Gasteiger partial charge in [-0.1, -0.05) is 19.9 Å². The number of esters is 2. The maximum Gasteiger partial charge on any atom is 0.343 e. The number of fused-ring (bicyclic) bond motifs is 5. The molecular weight excluding hydrogens is 424 g/mol. The van der Waals surface area contributed by atoms with Crippen molar-refractivity contribution in [2.24, 2.45) is 0 Å². The Balaban J connectivity index is 1.83. The molecule has 5 rings (SSSR count). The zero-order valence-corrected chi connectivity index (χ0v) is 18.7. The lowest BCUT2D eigenvalue weighted by Crippen LogP contribution is -2.44. The number of carbonyl (C=O) groups is 2. The average Bonchev–Trinajstić information content (AvgIpc) is 3.18. The zero-order chi connectivity index (χ0) is 23.5. The standard InChI is InChI=1S/C25H24N2O6/c1-4-13-7-8-18-14(9-13)20(23(29)32-6-3)15-11-27-19(21(15)26-18)10-17-16(22(27)28)12-33-24(30)25(17,31)5-2/h7-10,31H,4-6,11-12H2,1-3H3/t25-/m0/s1. The topological polar surface area (TPSA) is 108 Å². The van der Waals surface area contributed by atoms with Crippen LogP contribution in [-0.2, 0) is 39.4 Å². The van der Waals surface area contributed by atoms with Crippen LogP contribution in [0.25, 0.3) is 22.3 Å². The van der Waals surface area contributed by atoms with Gasteiger partial charge < -0.3 is 19.1 Å². The summed E-state index contributed by atoms with van der Waals surface area (Å²) < 4.78 is 12.0. The summed E-state index contributed by atoms with van der Waals surface area (Å²) in [5.41, 5.74) is 1.81. The Bertz CT molecular complexity index is 1410. The number of hydrogen-bond acceptors (Lipinski definition) is 7. The largest absolute Gasteiger partial charge is 0.462 e. The number of nitrogens with zero attached hydrogens (tertiary/aromatic N) is 2. The number of ether oxygens (including phenoxy) is 2. The molecule has 0 amide bonds. The molecule has 4 heterocycles. The molecule has 0 fully saturated rings. The smallest absolute Gasteiger partial charge is 0.343 e. The number of pyridine rings is 2. The van der Waals surface area contributed by atoms with Crippen LogP contribution < -0.4 is 5.56 Å². The maximum atomic E-state index is 13.4. The van der Waals surface area contributed by atoms with Gasteiger partial charge in [-0.15, -0.1) is 0 Å². The molecule has 0 unspecified atom stereocenters. The van der Waals surface area contributed by atoms with Crippen molar-refractivity contribution in [1.29, 1.82) is 0 Å². The van der Waals surface area contributed by atoms with Crippen LogP contribution in [0.2, 0.25) is 0 Å². The van der Waals surface area contributed by atoms with E-state index < -0.39 is 17.5 Å². The Morgan fingerprint density at radius 2 is 2.00 bits per heavy atom. The molecule has 2 aliphatic rings. The van der Waals surface area contributed by atoms with Gasteiger partial charge in [-0.05, 0) is 43.5 Å². The summed E-state index contributed by atoms with van der Waals surface area (Å²) in [6.45, 7) is 5.59. The van der Waals surface area contributed by atoms with Crippen LogP contribution in [0.3, 0.4) is 0 Å². The molecule has 1 aromatic carbocycles. The van der Waals surface area contributed by atoms with E-state index in [2.05, 4.69) is 0 Å². The number of aromatic nitrogens is 2. The number of rotatable bonds is 4. The van der Waals surface area contributed by atoms with Crippen LogP contribution >= 0.6 is 0 Å². The molecule has 8 heteroatoms. The van der Waals surface area contributed by atoms with Gasteiger partial charge in [0.1, 0.15) is 6.61 Å². The molecule has 0 radical (unpaired) electrons. The molecule has 0 bridgehead atoms. The first-order chi connectivity index (χ1) is 15.8. The van der Waals surface area contributed by atoms with Crippen LogP contribution in [0.15, 0.2) is 29.1 Å². The second-order valence-corrected chi connectivity index (χ2v) is 8.34. The minimum Gasteiger partial charge on any atom is -0.462 e. The summed E-state index contributed by atoms with van der Waals surface area (Å²) in [5.74, 6) is -1.24. The van der Waals surface area contributed by atoms with Gasteiger partial charge in [0, 0.05) is 16.5 Å². The monoisotopic (exact) mass is 448 g/mol. The van der Waals surface area contributed by atoms with Crippen LogP contribution in [0.4, 0.5) is 0 Å². The van der Waals surface area contributed by atoms with Crippen molar-refractivity contribution in [3.05, 3.63) is 62.4 Å². The lowest BCUT2D eigenvalue weighted by atomic mass is 9.86. The summed E-state index contributed by atoms with van der Waals surface area (Å²) in [4.78, 5) is 43.6. The predicted octanol–water partition coefficient (Wildman–Crippen LogP) is 2.82. The van der Waals surface area contributed by atoms with Crippen molar-refractivity contribution in [1.82, 2.24) is 9.55 Å². The molecule has 170 valence electrons. The molecule has 3 aromatic rings. The maximum absolute atomic E-state index is 13.4. The van der Waals surface area contributed by atoms with Gasteiger partial charge in [0.15, 0.2) is 5.60 Å². The highest BCUT2D eigenvalue weighted by Crippen LogP contribution is 2.40. The Kier molecular flexibility index (Phi) is 4.86. The van der Waals surface area contributed by atoms with Crippen LogP contribution in [-0.4, -0.2) is 33.2 Å². The third-order valence-electron chi connectivity index (χ3n) is 6.64. The Labute approximate surface area is 189 Å². The third kappa shape index (κ3) is 2.94. The summed E-state index contributed by atoms with van der Waals surface area (Å²) in [6.07, 6.45) is 0.860. The third-order valence-corrected chi connectivity index (χ3v) is 6.64. The summed E-state index contributed by atoms with van der Waals surface area (Å²) in [6, 6.07) is 7.39. The number of cyclic esters (lactones) is 1. The van der Waals surface area contributed by atoms with Crippen molar-refractivity contribution < 1.29 is 24.2 Å². The fourth-order valence-electron chi connectivity index (χ4n) is 4.78. The Morgan fingerprint density at radius 1 is 1.21 bits per heavy atom. The molecule has 0 saturated carbocycles. The van der Waals surface area contributed by atoms with Gasteiger partial charge >= 0.3 is 11.9 Å². The molecule has 8 nitrogen and oxygen atoms in total. The molecule has 0 spiro atoms. The van der Waals surface area contributed by atoms with E-state index in [1.165, 1.54) is 4.57 Å². The average molecular weight is 448 g/mol. The van der Waals surface area contributed by atoms with E-state index >= 15 is 0 Å². The van der Waals surface area contributed by atoms with Crippen LogP contribution in [0.1, 0.15) is 59.8 Å². The SMILES string of the molecule is CCOC(=O)c1c2c(nc3ccc(CC)cc13)-c1cc3c(c(=O)n1C2)COC(=O)[C@]3(O)CC. The quantitative estimate of drug-likeness (QED) is 0.478. The van der Waals surface area contributed by atoms with E-state index in [4.69, 9.17) is 14.5 Å². The van der Waals surface area contributed by atoms with Crippen molar-refractivity contribution >= 4 is 22.8 Å². The number of aliphatic hydroxyl groups is 1. The molecular formula is C25H24N2O6. The van der Waals surface area contributed by atoms with E-state index in [1.807, 2.05) is 25.1 Å².